The van der Waals surface area contributed by atoms with Crippen LogP contribution in [0.5, 0.6) is 0 Å². The zero-order valence-corrected chi connectivity index (χ0v) is 7.90. The quantitative estimate of drug-likeness (QED) is 0.525. The number of aromatic nitrogens is 1. The average molecular weight is 180 g/mol. The van der Waals surface area contributed by atoms with E-state index in [4.69, 9.17) is 0 Å². The topological polar surface area (TPSA) is 53.4 Å². The highest BCUT2D eigenvalue weighted by molar-refractivity contribution is 5.89. The van der Waals surface area contributed by atoms with Crippen molar-refractivity contribution in [2.45, 2.75) is 20.8 Å². The number of hydroxylamine groups is 1. The van der Waals surface area contributed by atoms with Crippen LogP contribution in [-0.2, 0) is 4.79 Å². The van der Waals surface area contributed by atoms with Gasteiger partial charge >= 0.3 is 0 Å². The van der Waals surface area contributed by atoms with Crippen LogP contribution >= 0.6 is 0 Å². The van der Waals surface area contributed by atoms with Gasteiger partial charge in [0, 0.05) is 12.6 Å². The summed E-state index contributed by atoms with van der Waals surface area (Å²) in [5.74, 6) is -0.422. The van der Waals surface area contributed by atoms with E-state index < -0.39 is 5.91 Å². The van der Waals surface area contributed by atoms with Crippen molar-refractivity contribution in [2.24, 2.45) is 0 Å². The van der Waals surface area contributed by atoms with E-state index in [-0.39, 0.29) is 0 Å². The monoisotopic (exact) mass is 180 g/mol. The van der Waals surface area contributed by atoms with Crippen LogP contribution in [-0.4, -0.2) is 16.1 Å². The maximum Gasteiger partial charge on any atom is 0.247 e. The summed E-state index contributed by atoms with van der Waals surface area (Å²) in [4.78, 5) is 14.8. The van der Waals surface area contributed by atoms with Crippen LogP contribution in [0.15, 0.2) is 12.3 Å². The lowest BCUT2D eigenvalue weighted by molar-refractivity contribution is -0.121. The van der Waals surface area contributed by atoms with Crippen molar-refractivity contribution in [3.8, 4) is 0 Å². The minimum Gasteiger partial charge on any atom is -0.281 e. The molecule has 1 N–H and O–H groups in total. The van der Waals surface area contributed by atoms with Gasteiger partial charge in [-0.3, -0.25) is 15.0 Å². The maximum absolute atomic E-state index is 10.8. The normalized spacial score (nSPS) is 9.85. The lowest BCUT2D eigenvalue weighted by Crippen LogP contribution is -2.24. The second-order valence-corrected chi connectivity index (χ2v) is 2.94. The van der Waals surface area contributed by atoms with Crippen molar-refractivity contribution < 1.29 is 10.0 Å². The standard InChI is InChI=1S/C9H12N2O2/c1-6-4-7(2)10-5-9(6)11(13)8(3)12/h4-5,13H,1-3H3. The van der Waals surface area contributed by atoms with Gasteiger partial charge in [-0.1, -0.05) is 0 Å². The van der Waals surface area contributed by atoms with E-state index in [0.717, 1.165) is 11.3 Å². The van der Waals surface area contributed by atoms with Crippen LogP contribution in [0, 0.1) is 13.8 Å². The summed E-state index contributed by atoms with van der Waals surface area (Å²) in [7, 11) is 0. The number of pyridine rings is 1. The van der Waals surface area contributed by atoms with Gasteiger partial charge in [-0.25, -0.2) is 0 Å². The Balaban J connectivity index is 3.08. The molecule has 1 heterocycles. The molecule has 1 aromatic rings. The van der Waals surface area contributed by atoms with Gasteiger partial charge in [-0.2, -0.15) is 5.06 Å². The summed E-state index contributed by atoms with van der Waals surface area (Å²) in [5.41, 5.74) is 2.11. The molecule has 4 heteroatoms. The fraction of sp³-hybridized carbons (Fsp3) is 0.333. The van der Waals surface area contributed by atoms with E-state index in [1.54, 1.807) is 0 Å². The lowest BCUT2D eigenvalue weighted by atomic mass is 10.2. The van der Waals surface area contributed by atoms with E-state index >= 15 is 0 Å². The Labute approximate surface area is 76.8 Å². The molecular weight excluding hydrogens is 168 g/mol. The van der Waals surface area contributed by atoms with E-state index in [1.165, 1.54) is 13.1 Å². The molecule has 4 nitrogen and oxygen atoms in total. The molecule has 1 amide bonds. The zero-order valence-electron chi connectivity index (χ0n) is 7.90. The molecule has 0 saturated heterocycles. The summed E-state index contributed by atoms with van der Waals surface area (Å²) in [5, 5.41) is 9.91. The van der Waals surface area contributed by atoms with Gasteiger partial charge in [0.1, 0.15) is 0 Å². The molecule has 0 aliphatic carbocycles. The number of nitrogens with zero attached hydrogens (tertiary/aromatic N) is 2. The van der Waals surface area contributed by atoms with Crippen molar-refractivity contribution in [1.29, 1.82) is 0 Å². The Morgan fingerprint density at radius 2 is 2.15 bits per heavy atom. The Morgan fingerprint density at radius 1 is 1.54 bits per heavy atom. The van der Waals surface area contributed by atoms with E-state index in [0.29, 0.717) is 10.8 Å². The largest absolute Gasteiger partial charge is 0.281 e. The van der Waals surface area contributed by atoms with E-state index in [9.17, 15) is 10.0 Å². The van der Waals surface area contributed by atoms with Gasteiger partial charge in [0.25, 0.3) is 0 Å². The van der Waals surface area contributed by atoms with Crippen molar-refractivity contribution in [1.82, 2.24) is 4.98 Å². The SMILES string of the molecule is CC(=O)N(O)c1cnc(C)cc1C. The fourth-order valence-electron chi connectivity index (χ4n) is 1.08. The number of carbonyl (C=O) groups excluding carboxylic acids is 1. The van der Waals surface area contributed by atoms with Gasteiger partial charge in [0.05, 0.1) is 11.9 Å². The predicted molar refractivity (Wildman–Crippen MR) is 48.7 cm³/mol. The minimum absolute atomic E-state index is 0.422. The van der Waals surface area contributed by atoms with Crippen molar-refractivity contribution in [3.63, 3.8) is 0 Å². The first-order chi connectivity index (χ1) is 6.02. The molecule has 0 spiro atoms. The van der Waals surface area contributed by atoms with Gasteiger partial charge in [-0.05, 0) is 25.5 Å². The number of hydrogen-bond donors (Lipinski definition) is 1. The molecule has 0 aliphatic rings. The fourth-order valence-corrected chi connectivity index (χ4v) is 1.08. The van der Waals surface area contributed by atoms with Crippen molar-refractivity contribution in [3.05, 3.63) is 23.5 Å². The molecule has 1 aromatic heterocycles. The van der Waals surface area contributed by atoms with Crippen LogP contribution in [0.1, 0.15) is 18.2 Å². The molecule has 0 saturated carbocycles. The van der Waals surface area contributed by atoms with Gasteiger partial charge in [0.2, 0.25) is 5.91 Å². The number of aryl methyl sites for hydroxylation is 2. The van der Waals surface area contributed by atoms with Crippen LogP contribution in [0.3, 0.4) is 0 Å². The third-order valence-electron chi connectivity index (χ3n) is 1.75. The molecule has 70 valence electrons. The molecule has 0 bridgehead atoms. The maximum atomic E-state index is 10.8. The van der Waals surface area contributed by atoms with Gasteiger partial charge < -0.3 is 0 Å². The zero-order chi connectivity index (χ0) is 10.0. The Bertz CT molecular complexity index is 336. The molecule has 0 radical (unpaired) electrons. The second-order valence-electron chi connectivity index (χ2n) is 2.94. The van der Waals surface area contributed by atoms with Gasteiger partial charge in [-0.15, -0.1) is 0 Å². The summed E-state index contributed by atoms with van der Waals surface area (Å²) < 4.78 is 0. The minimum atomic E-state index is -0.422. The molecule has 1 rings (SSSR count). The first-order valence-corrected chi connectivity index (χ1v) is 3.95. The van der Waals surface area contributed by atoms with Gasteiger partial charge in [0.15, 0.2) is 0 Å². The summed E-state index contributed by atoms with van der Waals surface area (Å²) >= 11 is 0. The highest BCUT2D eigenvalue weighted by atomic mass is 16.5. The smallest absolute Gasteiger partial charge is 0.247 e. The summed E-state index contributed by atoms with van der Waals surface area (Å²) in [6.07, 6.45) is 1.48. The molecule has 0 fully saturated rings. The third-order valence-corrected chi connectivity index (χ3v) is 1.75. The molecule has 0 atom stereocenters. The van der Waals surface area contributed by atoms with Crippen LogP contribution in [0.4, 0.5) is 5.69 Å². The Morgan fingerprint density at radius 3 is 2.62 bits per heavy atom. The highest BCUT2D eigenvalue weighted by Crippen LogP contribution is 2.17. The number of hydrogen-bond acceptors (Lipinski definition) is 3. The number of rotatable bonds is 1. The van der Waals surface area contributed by atoms with Crippen molar-refractivity contribution >= 4 is 11.6 Å². The van der Waals surface area contributed by atoms with E-state index in [2.05, 4.69) is 4.98 Å². The lowest BCUT2D eigenvalue weighted by Gasteiger charge is -2.14. The molecule has 13 heavy (non-hydrogen) atoms. The molecular formula is C9H12N2O2. The average Bonchev–Trinajstić information content (AvgIpc) is 2.03. The van der Waals surface area contributed by atoms with Crippen molar-refractivity contribution in [2.75, 3.05) is 5.06 Å². The Hall–Kier alpha value is -1.42. The molecule has 0 unspecified atom stereocenters. The highest BCUT2D eigenvalue weighted by Gasteiger charge is 2.10. The number of anilines is 1. The predicted octanol–water partition coefficient (Wildman–Crippen LogP) is 1.44. The number of carbonyl (C=O) groups is 1. The third kappa shape index (κ3) is 2.03. The Kier molecular flexibility index (Phi) is 2.63. The molecule has 0 aliphatic heterocycles. The van der Waals surface area contributed by atoms with Crippen LogP contribution in [0.25, 0.3) is 0 Å². The summed E-state index contributed by atoms with van der Waals surface area (Å²) in [6.45, 7) is 4.96. The summed E-state index contributed by atoms with van der Waals surface area (Å²) in [6, 6.07) is 1.81. The van der Waals surface area contributed by atoms with Crippen LogP contribution in [0.2, 0.25) is 0 Å². The first kappa shape index (κ1) is 9.67. The number of amides is 1. The molecule has 0 aromatic carbocycles. The second kappa shape index (κ2) is 3.53. The van der Waals surface area contributed by atoms with E-state index in [1.807, 2.05) is 19.9 Å². The first-order valence-electron chi connectivity index (χ1n) is 3.95. The van der Waals surface area contributed by atoms with Crippen LogP contribution < -0.4 is 5.06 Å².